The first-order valence-electron chi connectivity index (χ1n) is 11.7. The molecule has 2 aliphatic rings. The number of nitrogens with zero attached hydrogens (tertiary/aromatic N) is 3. The molecule has 0 saturated carbocycles. The van der Waals surface area contributed by atoms with Gasteiger partial charge in [-0.15, -0.1) is 0 Å². The van der Waals surface area contributed by atoms with Gasteiger partial charge in [-0.2, -0.15) is 13.2 Å². The summed E-state index contributed by atoms with van der Waals surface area (Å²) in [6.07, 6.45) is -3.55. The Kier molecular flexibility index (Phi) is 5.86. The maximum atomic E-state index is 13.3. The highest BCUT2D eigenvalue weighted by molar-refractivity contribution is 5.94. The van der Waals surface area contributed by atoms with E-state index in [-0.39, 0.29) is 17.8 Å². The molecule has 0 aliphatic carbocycles. The molecule has 3 N–H and O–H groups in total. The number of nitrogens with one attached hydrogen (secondary N) is 1. The van der Waals surface area contributed by atoms with Crippen molar-refractivity contribution in [3.63, 3.8) is 0 Å². The first kappa shape index (κ1) is 23.5. The van der Waals surface area contributed by atoms with E-state index in [0.717, 1.165) is 42.0 Å². The van der Waals surface area contributed by atoms with Crippen molar-refractivity contribution >= 4 is 28.1 Å². The van der Waals surface area contributed by atoms with Crippen molar-refractivity contribution in [3.05, 3.63) is 47.3 Å². The van der Waals surface area contributed by atoms with E-state index in [9.17, 15) is 13.2 Å². The molecule has 0 spiro atoms. The van der Waals surface area contributed by atoms with Crippen molar-refractivity contribution in [1.29, 1.82) is 0 Å². The Morgan fingerprint density at radius 2 is 1.94 bits per heavy atom. The van der Waals surface area contributed by atoms with E-state index >= 15 is 0 Å². The van der Waals surface area contributed by atoms with Crippen LogP contribution in [0.15, 0.2) is 30.3 Å². The molecule has 1 fully saturated rings. The first-order valence-corrected chi connectivity index (χ1v) is 11.7. The van der Waals surface area contributed by atoms with E-state index in [1.54, 1.807) is 19.9 Å². The van der Waals surface area contributed by atoms with Crippen LogP contribution in [0.1, 0.15) is 43.3 Å². The van der Waals surface area contributed by atoms with Crippen LogP contribution in [0.25, 0.3) is 10.9 Å². The van der Waals surface area contributed by atoms with Gasteiger partial charge in [-0.3, -0.25) is 0 Å². The molecule has 2 aliphatic heterocycles. The zero-order chi connectivity index (χ0) is 24.9. The third-order valence-corrected chi connectivity index (χ3v) is 6.58. The number of anilines is 3. The molecule has 10 heteroatoms. The summed E-state index contributed by atoms with van der Waals surface area (Å²) >= 11 is 0. The van der Waals surface area contributed by atoms with Gasteiger partial charge < -0.3 is 25.4 Å². The Labute approximate surface area is 201 Å². The number of nitrogen functional groups attached to an aromatic ring is 1. The third-order valence-electron chi connectivity index (χ3n) is 6.58. The molecule has 3 heterocycles. The first-order chi connectivity index (χ1) is 16.6. The zero-order valence-corrected chi connectivity index (χ0v) is 19.8. The summed E-state index contributed by atoms with van der Waals surface area (Å²) in [7, 11) is 0. The molecule has 3 aromatic rings. The van der Waals surface area contributed by atoms with Crippen molar-refractivity contribution in [2.75, 3.05) is 35.8 Å². The molecule has 2 unspecified atom stereocenters. The normalized spacial score (nSPS) is 21.0. The molecule has 5 rings (SSSR count). The summed E-state index contributed by atoms with van der Waals surface area (Å²) in [5, 5.41) is 4.06. The third kappa shape index (κ3) is 4.54. The summed E-state index contributed by atoms with van der Waals surface area (Å²) in [4.78, 5) is 11.5. The van der Waals surface area contributed by atoms with Gasteiger partial charge in [0.05, 0.1) is 41.5 Å². The Hall–Kier alpha value is -3.27. The summed E-state index contributed by atoms with van der Waals surface area (Å²) < 4.78 is 51.7. The molecule has 7 nitrogen and oxygen atoms in total. The number of benzene rings is 2. The second-order valence-corrected chi connectivity index (χ2v) is 9.29. The Morgan fingerprint density at radius 1 is 1.14 bits per heavy atom. The van der Waals surface area contributed by atoms with Gasteiger partial charge in [0.2, 0.25) is 0 Å². The number of rotatable bonds is 4. The Balaban J connectivity index is 1.55. The summed E-state index contributed by atoms with van der Waals surface area (Å²) in [5.74, 6) is 1.84. The van der Waals surface area contributed by atoms with Crippen LogP contribution in [-0.4, -0.2) is 41.9 Å². The summed E-state index contributed by atoms with van der Waals surface area (Å²) in [6, 6.07) is 7.45. The largest absolute Gasteiger partial charge is 0.489 e. The lowest BCUT2D eigenvalue weighted by Crippen LogP contribution is -2.47. The smallest absolute Gasteiger partial charge is 0.416 e. The minimum atomic E-state index is -4.48. The molecular weight excluding hydrogens is 459 g/mol. The van der Waals surface area contributed by atoms with Crippen LogP contribution in [0.3, 0.4) is 0 Å². The van der Waals surface area contributed by atoms with Crippen LogP contribution in [0.5, 0.6) is 5.75 Å². The Bertz CT molecular complexity index is 1260. The van der Waals surface area contributed by atoms with Gasteiger partial charge in [0.25, 0.3) is 0 Å². The van der Waals surface area contributed by atoms with E-state index in [2.05, 4.69) is 27.1 Å². The topological polar surface area (TPSA) is 85.5 Å². The zero-order valence-electron chi connectivity index (χ0n) is 19.8. The highest BCUT2D eigenvalue weighted by atomic mass is 19.4. The predicted octanol–water partition coefficient (Wildman–Crippen LogP) is 5.09. The fourth-order valence-electron chi connectivity index (χ4n) is 4.89. The summed E-state index contributed by atoms with van der Waals surface area (Å²) in [6.45, 7) is 7.64. The lowest BCUT2D eigenvalue weighted by atomic mass is 10.0. The molecule has 2 aromatic carbocycles. The standard InChI is InChI=1S/C25H28F3N5O2/c1-13-11-35-23-10-21-20(9-22(23)33(13)19-4-5-34-12-19)24(32-15(3)31-21)30-14(2)16-6-17(25(26,27)28)8-18(29)7-16/h6-10,13-14,19H,4-5,11-12,29H2,1-3H3,(H,30,31,32)/t13?,14-,19?/m1/s1. The van der Waals surface area contributed by atoms with Gasteiger partial charge in [0.1, 0.15) is 24.0 Å². The average molecular weight is 488 g/mol. The average Bonchev–Trinajstić information content (AvgIpc) is 3.31. The highest BCUT2D eigenvalue weighted by Crippen LogP contribution is 2.41. The fourth-order valence-corrected chi connectivity index (χ4v) is 4.89. The number of hydrogen-bond acceptors (Lipinski definition) is 7. The molecule has 1 saturated heterocycles. The van der Waals surface area contributed by atoms with Crippen LogP contribution >= 0.6 is 0 Å². The number of ether oxygens (including phenoxy) is 2. The second-order valence-electron chi connectivity index (χ2n) is 9.29. The van der Waals surface area contributed by atoms with Crippen LogP contribution in [0, 0.1) is 6.92 Å². The maximum absolute atomic E-state index is 13.3. The van der Waals surface area contributed by atoms with E-state index in [1.165, 1.54) is 0 Å². The van der Waals surface area contributed by atoms with Gasteiger partial charge >= 0.3 is 6.18 Å². The quantitative estimate of drug-likeness (QED) is 0.496. The van der Waals surface area contributed by atoms with E-state index in [0.29, 0.717) is 35.9 Å². The number of nitrogens with two attached hydrogens (primary N) is 1. The van der Waals surface area contributed by atoms with Crippen molar-refractivity contribution in [2.24, 2.45) is 0 Å². The van der Waals surface area contributed by atoms with Crippen molar-refractivity contribution < 1.29 is 22.6 Å². The number of halogens is 3. The number of aryl methyl sites for hydroxylation is 1. The molecule has 0 amide bonds. The van der Waals surface area contributed by atoms with Crippen molar-refractivity contribution in [1.82, 2.24) is 9.97 Å². The van der Waals surface area contributed by atoms with E-state index < -0.39 is 17.8 Å². The molecule has 3 atom stereocenters. The number of aromatic nitrogens is 2. The van der Waals surface area contributed by atoms with Crippen LogP contribution in [0.4, 0.5) is 30.4 Å². The van der Waals surface area contributed by atoms with Crippen molar-refractivity contribution in [2.45, 2.75) is 51.5 Å². The molecule has 186 valence electrons. The Morgan fingerprint density at radius 3 is 2.66 bits per heavy atom. The van der Waals surface area contributed by atoms with Crippen LogP contribution < -0.4 is 20.7 Å². The minimum Gasteiger partial charge on any atom is -0.489 e. The molecule has 35 heavy (non-hydrogen) atoms. The van der Waals surface area contributed by atoms with Crippen LogP contribution in [-0.2, 0) is 10.9 Å². The molecule has 0 bridgehead atoms. The summed E-state index contributed by atoms with van der Waals surface area (Å²) in [5.41, 5.74) is 7.12. The maximum Gasteiger partial charge on any atom is 0.416 e. The highest BCUT2D eigenvalue weighted by Gasteiger charge is 2.34. The lowest BCUT2D eigenvalue weighted by molar-refractivity contribution is -0.137. The molecular formula is C25H28F3N5O2. The van der Waals surface area contributed by atoms with Gasteiger partial charge in [-0.25, -0.2) is 9.97 Å². The molecule has 0 radical (unpaired) electrons. The fraction of sp³-hybridized carbons (Fsp3) is 0.440. The lowest BCUT2D eigenvalue weighted by Gasteiger charge is -2.40. The van der Waals surface area contributed by atoms with Crippen molar-refractivity contribution in [3.8, 4) is 5.75 Å². The van der Waals surface area contributed by atoms with Gasteiger partial charge in [0.15, 0.2) is 0 Å². The van der Waals surface area contributed by atoms with E-state index in [1.807, 2.05) is 12.1 Å². The molecule has 1 aromatic heterocycles. The second kappa shape index (κ2) is 8.75. The monoisotopic (exact) mass is 487 g/mol. The van der Waals surface area contributed by atoms with Crippen LogP contribution in [0.2, 0.25) is 0 Å². The number of fused-ring (bicyclic) bond motifs is 2. The van der Waals surface area contributed by atoms with Gasteiger partial charge in [-0.1, -0.05) is 0 Å². The minimum absolute atomic E-state index is 0.0573. The van der Waals surface area contributed by atoms with E-state index in [4.69, 9.17) is 15.2 Å². The van der Waals surface area contributed by atoms with Gasteiger partial charge in [0, 0.05) is 23.7 Å². The predicted molar refractivity (Wildman–Crippen MR) is 129 cm³/mol. The number of alkyl halides is 3. The number of hydrogen-bond donors (Lipinski definition) is 2. The SMILES string of the molecule is Cc1nc(N[C@H](C)c2cc(N)cc(C(F)(F)F)c2)c2cc3c(cc2n1)OCC(C)N3C1CCOC1. The van der Waals surface area contributed by atoms with Gasteiger partial charge in [-0.05, 0) is 57.0 Å².